The van der Waals surface area contributed by atoms with Gasteiger partial charge in [0.05, 0.1) is 49.3 Å². The van der Waals surface area contributed by atoms with Gasteiger partial charge in [-0.2, -0.15) is 0 Å². The molecule has 0 spiro atoms. The summed E-state index contributed by atoms with van der Waals surface area (Å²) in [5.41, 5.74) is 7.23. The molecule has 4 aliphatic rings. The van der Waals surface area contributed by atoms with E-state index in [-0.39, 0.29) is 38.4 Å². The molecule has 2 amide bonds. The Morgan fingerprint density at radius 3 is 2.25 bits per heavy atom. The Balaban J connectivity index is 1.61. The van der Waals surface area contributed by atoms with Crippen molar-refractivity contribution in [2.24, 2.45) is 39.5 Å². The number of ether oxygens (including phenoxy) is 4. The van der Waals surface area contributed by atoms with Crippen molar-refractivity contribution in [3.05, 3.63) is 47.0 Å². The summed E-state index contributed by atoms with van der Waals surface area (Å²) >= 11 is 0. The van der Waals surface area contributed by atoms with Gasteiger partial charge in [-0.1, -0.05) is 58.0 Å². The number of aliphatic hydroxyl groups is 2. The zero-order chi connectivity index (χ0) is 40.8. The number of hydrogen-bond acceptors (Lipinski definition) is 14. The fraction of sp³-hybridized carbons (Fsp3) is 0.658. The number of Topliss-reactive ketones (excluding diaryl/α,β-unsaturated/α-hetero) is 1. The van der Waals surface area contributed by atoms with E-state index in [0.717, 1.165) is 12.3 Å². The molecule has 1 aliphatic heterocycles. The molecule has 3 fully saturated rings. The first-order valence-corrected chi connectivity index (χ1v) is 18.6. The van der Waals surface area contributed by atoms with Gasteiger partial charge in [0.2, 0.25) is 6.10 Å². The molecule has 1 aromatic rings. The molecule has 2 saturated carbocycles. The van der Waals surface area contributed by atoms with Crippen molar-refractivity contribution >= 4 is 37.5 Å². The normalized spacial score (nSPS) is 34.6. The van der Waals surface area contributed by atoms with Crippen LogP contribution >= 0.6 is 0 Å². The zero-order valence-corrected chi connectivity index (χ0v) is 32.8. The summed E-state index contributed by atoms with van der Waals surface area (Å²) in [5.74, 6) is -3.04. The topological polar surface area (TPSA) is 233 Å². The first kappa shape index (κ1) is 42.3. The van der Waals surface area contributed by atoms with Crippen molar-refractivity contribution in [2.45, 2.75) is 96.5 Å². The predicted molar refractivity (Wildman–Crippen MR) is 199 cm³/mol. The molecule has 5 rings (SSSR count). The number of amides is 2. The third-order valence-corrected chi connectivity index (χ3v) is 13.2. The molecule has 3 aliphatic carbocycles. The van der Waals surface area contributed by atoms with Gasteiger partial charge in [0.15, 0.2) is 5.78 Å². The van der Waals surface area contributed by atoms with Crippen LogP contribution in [0.1, 0.15) is 66.0 Å². The number of nitrogens with zero attached hydrogens (tertiary/aromatic N) is 2. The Morgan fingerprint density at radius 1 is 1.07 bits per heavy atom. The van der Waals surface area contributed by atoms with Crippen molar-refractivity contribution < 1.29 is 53.1 Å². The van der Waals surface area contributed by atoms with Crippen molar-refractivity contribution in [1.82, 2.24) is 15.0 Å². The number of hydrogen-bond donors (Lipinski definition) is 5. The van der Waals surface area contributed by atoms with E-state index in [0.29, 0.717) is 17.3 Å². The van der Waals surface area contributed by atoms with E-state index in [2.05, 4.69) is 5.23 Å². The van der Waals surface area contributed by atoms with Gasteiger partial charge in [0.25, 0.3) is 7.41 Å². The summed E-state index contributed by atoms with van der Waals surface area (Å²) in [4.78, 5) is 69.3. The monoisotopic (exact) mass is 768 g/mol. The number of fused-ring (bicyclic) bond motifs is 5. The number of benzene rings is 1. The summed E-state index contributed by atoms with van der Waals surface area (Å²) < 4.78 is 23.9. The highest BCUT2D eigenvalue weighted by Crippen LogP contribution is 2.67. The van der Waals surface area contributed by atoms with E-state index in [1.165, 1.54) is 19.0 Å². The van der Waals surface area contributed by atoms with Gasteiger partial charge in [0, 0.05) is 37.8 Å². The van der Waals surface area contributed by atoms with Gasteiger partial charge in [-0.05, 0) is 42.4 Å². The molecule has 1 radical (unpaired) electrons. The fourth-order valence-electron chi connectivity index (χ4n) is 9.90. The van der Waals surface area contributed by atoms with Gasteiger partial charge >= 0.3 is 18.2 Å². The number of ketones is 1. The lowest BCUT2D eigenvalue weighted by molar-refractivity contribution is -0.302. The van der Waals surface area contributed by atoms with Crippen molar-refractivity contribution in [3.63, 3.8) is 0 Å². The summed E-state index contributed by atoms with van der Waals surface area (Å²) in [6.07, 6.45) is -7.30. The average molecular weight is 769 g/mol. The first-order chi connectivity index (χ1) is 25.8. The van der Waals surface area contributed by atoms with Gasteiger partial charge in [-0.15, -0.1) is 0 Å². The highest BCUT2D eigenvalue weighted by molar-refractivity contribution is 6.64. The maximum absolute atomic E-state index is 15.0. The zero-order valence-electron chi connectivity index (χ0n) is 32.8. The van der Waals surface area contributed by atoms with E-state index < -0.39 is 94.2 Å². The van der Waals surface area contributed by atoms with Crippen molar-refractivity contribution in [2.75, 3.05) is 34.0 Å². The van der Waals surface area contributed by atoms with Crippen molar-refractivity contribution in [3.8, 4) is 0 Å². The van der Waals surface area contributed by atoms with Crippen LogP contribution in [0.2, 0.25) is 0 Å². The van der Waals surface area contributed by atoms with Crippen LogP contribution in [0.4, 0.5) is 9.59 Å². The molecule has 1 heterocycles. The van der Waals surface area contributed by atoms with Crippen LogP contribution in [-0.2, 0) is 33.3 Å². The Bertz CT molecular complexity index is 1700. The third kappa shape index (κ3) is 6.86. The second-order valence-electron chi connectivity index (χ2n) is 16.4. The number of nitrogens with one attached hydrogen (secondary N) is 1. The molecule has 7 N–H and O–H groups in total. The number of aliphatic hydroxyl groups excluding tert-OH is 1. The largest absolute Gasteiger partial charge is 0.455 e. The van der Waals surface area contributed by atoms with Crippen LogP contribution in [0.15, 0.2) is 41.5 Å². The predicted octanol–water partition coefficient (Wildman–Crippen LogP) is 1.23. The summed E-state index contributed by atoms with van der Waals surface area (Å²) in [6.45, 7) is 10.6. The summed E-state index contributed by atoms with van der Waals surface area (Å²) in [5, 5.41) is 28.3. The molecule has 16 nitrogen and oxygen atoms in total. The number of carbonyl (C=O) groups excluding carboxylic acids is 5. The summed E-state index contributed by atoms with van der Waals surface area (Å²) in [6, 6.07) is 7.43. The molecule has 0 aromatic heterocycles. The molecule has 1 aromatic carbocycles. The third-order valence-electron chi connectivity index (χ3n) is 13.2. The first-order valence-electron chi connectivity index (χ1n) is 18.6. The maximum Gasteiger partial charge on any atom is 0.411 e. The van der Waals surface area contributed by atoms with Crippen LogP contribution < -0.4 is 16.7 Å². The standard InChI is InChI=1S/C38H55BN5O11/c1-20-23(53-32(48)29(55-34(50)44(8)19-41)27(42-39-17-45)22-12-10-9-11-13-22)15-38(51)21(2)30-36(5)16-52-24(36)14-25(54-33(49)43(7)18-40)37(30,6)31(47)28(46)26(20)35(38,3)4/h9-13,17,21,23-25,27-30,42,46,51H,14-16,18-19,40-41H2,1-8H3/t21-,23-,24+,25-,27-,28+,29+,30+,36+,37+,38+/m0/s1. The molecule has 17 heteroatoms. The lowest BCUT2D eigenvalue weighted by Crippen LogP contribution is -2.75. The molecule has 1 saturated heterocycles. The van der Waals surface area contributed by atoms with Crippen molar-refractivity contribution in [1.29, 1.82) is 0 Å². The van der Waals surface area contributed by atoms with E-state index in [4.69, 9.17) is 30.4 Å². The minimum absolute atomic E-state index is 0.127. The minimum atomic E-state index is -1.80. The fourth-order valence-corrected chi connectivity index (χ4v) is 9.90. The molecule has 2 bridgehead atoms. The Hall–Kier alpha value is -3.87. The van der Waals surface area contributed by atoms with E-state index >= 15 is 4.79 Å². The Labute approximate surface area is 322 Å². The smallest absolute Gasteiger partial charge is 0.411 e. The van der Waals surface area contributed by atoms with E-state index in [1.807, 2.05) is 13.8 Å². The average Bonchev–Trinajstić information content (AvgIpc) is 3.15. The lowest BCUT2D eigenvalue weighted by Gasteiger charge is -2.68. The molecule has 11 atom stereocenters. The van der Waals surface area contributed by atoms with Gasteiger partial charge in [-0.25, -0.2) is 14.4 Å². The molecular formula is C38H55BN5O11. The van der Waals surface area contributed by atoms with Crippen LogP contribution in [0, 0.1) is 28.1 Å². The quantitative estimate of drug-likeness (QED) is 0.0533. The van der Waals surface area contributed by atoms with Crippen LogP contribution in [0.5, 0.6) is 0 Å². The van der Waals surface area contributed by atoms with Gasteiger partial charge in [-0.3, -0.25) is 14.6 Å². The minimum Gasteiger partial charge on any atom is -0.455 e. The highest BCUT2D eigenvalue weighted by atomic mass is 16.6. The van der Waals surface area contributed by atoms with E-state index in [1.54, 1.807) is 58.0 Å². The molecule has 55 heavy (non-hydrogen) atoms. The second-order valence-corrected chi connectivity index (χ2v) is 16.4. The van der Waals surface area contributed by atoms with Crippen LogP contribution in [-0.4, -0.2) is 128 Å². The molecular weight excluding hydrogens is 713 g/mol. The lowest BCUT2D eigenvalue weighted by atomic mass is 9.40. The molecule has 0 unspecified atom stereocenters. The van der Waals surface area contributed by atoms with Crippen LogP contribution in [0.3, 0.4) is 0 Å². The highest BCUT2D eigenvalue weighted by Gasteiger charge is 2.73. The molecule has 301 valence electrons. The van der Waals surface area contributed by atoms with Gasteiger partial charge < -0.3 is 50.7 Å². The van der Waals surface area contributed by atoms with E-state index in [9.17, 15) is 29.4 Å². The second kappa shape index (κ2) is 15.6. The number of nitrogens with two attached hydrogens (primary N) is 2. The maximum atomic E-state index is 15.0. The summed E-state index contributed by atoms with van der Waals surface area (Å²) in [7, 11) is 3.92. The Morgan fingerprint density at radius 2 is 1.69 bits per heavy atom. The number of carbonyl (C=O) groups is 5. The van der Waals surface area contributed by atoms with Gasteiger partial charge in [0.1, 0.15) is 18.3 Å². The Kier molecular flexibility index (Phi) is 12.0. The number of esters is 1. The SMILES string of the molecule is CC1=C2[C@@H](O)C(=O)[C@]3(C)[C@@H](OC(=O)N(C)CN)C[C@H]4OC[C@@]4(C)[C@H]3[C@H](C)[C@](O)(C[C@@H]1OC(=O)[C@H](OC(=O)N(C)CN)[C@@H](N[B]C=O)c1ccccc1)C2(C)C. The van der Waals surface area contributed by atoms with Crippen LogP contribution in [0.25, 0.3) is 0 Å². The number of rotatable bonds is 11.